The lowest BCUT2D eigenvalue weighted by molar-refractivity contribution is -0.131. The van der Waals surface area contributed by atoms with Crippen LogP contribution in [-0.4, -0.2) is 60.8 Å². The number of piperidine rings is 1. The molecule has 0 aliphatic carbocycles. The second kappa shape index (κ2) is 10.1. The van der Waals surface area contributed by atoms with Gasteiger partial charge in [0.15, 0.2) is 14.6 Å². The van der Waals surface area contributed by atoms with E-state index in [0.29, 0.717) is 35.8 Å². The number of fused-ring (bicyclic) bond motifs is 1. The topological polar surface area (TPSA) is 109 Å². The number of amides is 1. The molecule has 0 atom stereocenters. The van der Waals surface area contributed by atoms with Crippen molar-refractivity contribution in [1.82, 2.24) is 9.47 Å². The molecule has 4 rings (SSSR count). The van der Waals surface area contributed by atoms with Crippen molar-refractivity contribution in [3.8, 4) is 0 Å². The number of aromatic nitrogens is 1. The summed E-state index contributed by atoms with van der Waals surface area (Å²) in [6, 6.07) is 10.1. The maximum absolute atomic E-state index is 12.9. The fourth-order valence-corrected chi connectivity index (χ4v) is 7.16. The molecule has 0 bridgehead atoms. The van der Waals surface area contributed by atoms with Crippen LogP contribution in [0.4, 0.5) is 0 Å². The highest BCUT2D eigenvalue weighted by atomic mass is 35.5. The lowest BCUT2D eigenvalue weighted by atomic mass is 9.94. The van der Waals surface area contributed by atoms with Crippen molar-refractivity contribution >= 4 is 55.4 Å². The maximum Gasteiger partial charge on any atom is 0.353 e. The molecule has 1 amide bonds. The summed E-state index contributed by atoms with van der Waals surface area (Å²) in [5.41, 5.74) is 0.240. The molecule has 1 aromatic heterocycles. The molecule has 0 radical (unpaired) electrons. The third kappa shape index (κ3) is 5.29. The molecule has 2 aromatic carbocycles. The Kier molecular flexibility index (Phi) is 7.35. The van der Waals surface area contributed by atoms with Gasteiger partial charge in [-0.3, -0.25) is 9.79 Å². The van der Waals surface area contributed by atoms with Crippen LogP contribution in [-0.2, 0) is 21.7 Å². The molecule has 1 saturated heterocycles. The number of hydrogen-bond donors (Lipinski definition) is 1. The number of benzene rings is 2. The number of thiazole rings is 1. The Balaban J connectivity index is 1.39. The Hall–Kier alpha value is -2.69. The van der Waals surface area contributed by atoms with Gasteiger partial charge in [0.2, 0.25) is 5.91 Å². The lowest BCUT2D eigenvalue weighted by Crippen LogP contribution is -2.38. The zero-order valence-corrected chi connectivity index (χ0v) is 21.8. The number of likely N-dealkylation sites (tertiary alicyclic amines) is 1. The van der Waals surface area contributed by atoms with Crippen molar-refractivity contribution in [2.45, 2.75) is 30.1 Å². The molecule has 8 nitrogen and oxygen atoms in total. The molecule has 2 heterocycles. The molecule has 186 valence electrons. The number of halogens is 1. The molecular weight excluding hydrogens is 510 g/mol. The summed E-state index contributed by atoms with van der Waals surface area (Å²) in [4.78, 5) is 32.0. The Morgan fingerprint density at radius 1 is 1.14 bits per heavy atom. The Bertz CT molecular complexity index is 1470. The predicted molar refractivity (Wildman–Crippen MR) is 136 cm³/mol. The summed E-state index contributed by atoms with van der Waals surface area (Å²) in [5.74, 6) is -1.45. The van der Waals surface area contributed by atoms with Crippen LogP contribution in [0.25, 0.3) is 10.8 Å². The smallest absolute Gasteiger partial charge is 0.353 e. The van der Waals surface area contributed by atoms with Gasteiger partial charge >= 0.3 is 5.97 Å². The minimum Gasteiger partial charge on any atom is -0.477 e. The molecule has 0 spiro atoms. The molecule has 35 heavy (non-hydrogen) atoms. The summed E-state index contributed by atoms with van der Waals surface area (Å²) in [6.45, 7) is 0.916. The van der Waals surface area contributed by atoms with Crippen LogP contribution in [0.1, 0.15) is 40.5 Å². The zero-order chi connectivity index (χ0) is 25.3. The minimum absolute atomic E-state index is 0.0201. The van der Waals surface area contributed by atoms with Gasteiger partial charge in [-0.2, -0.15) is 0 Å². The van der Waals surface area contributed by atoms with Gasteiger partial charge in [0.25, 0.3) is 0 Å². The van der Waals surface area contributed by atoms with Gasteiger partial charge in [0, 0.05) is 43.5 Å². The van der Waals surface area contributed by atoms with Crippen molar-refractivity contribution in [1.29, 1.82) is 0 Å². The van der Waals surface area contributed by atoms with E-state index >= 15 is 0 Å². The standard InChI is InChI=1S/C24H26ClN3O5S2/c1-26-24-27(2)21(23(30)31)22(34-24)15-7-10-28(11-8-15)20(29)9-12-35(32,33)19-6-4-16-13-18(25)5-3-17(16)14-19/h3-6,13-15H,7-12H2,1-2H3,(H,30,31)/b26-24-. The zero-order valence-electron chi connectivity index (χ0n) is 19.4. The van der Waals surface area contributed by atoms with Crippen LogP contribution >= 0.6 is 22.9 Å². The van der Waals surface area contributed by atoms with Gasteiger partial charge in [0.1, 0.15) is 5.69 Å². The normalized spacial score (nSPS) is 15.6. The largest absolute Gasteiger partial charge is 0.477 e. The summed E-state index contributed by atoms with van der Waals surface area (Å²) in [6.07, 6.45) is 1.14. The third-order valence-electron chi connectivity index (χ3n) is 6.39. The minimum atomic E-state index is -3.63. The second-order valence-electron chi connectivity index (χ2n) is 8.56. The predicted octanol–water partition coefficient (Wildman–Crippen LogP) is 3.69. The fourth-order valence-electron chi connectivity index (χ4n) is 4.47. The van der Waals surface area contributed by atoms with E-state index in [9.17, 15) is 23.1 Å². The summed E-state index contributed by atoms with van der Waals surface area (Å²) >= 11 is 7.36. The number of carboxylic acid groups (broad SMARTS) is 1. The van der Waals surface area contributed by atoms with Gasteiger partial charge < -0.3 is 14.6 Å². The van der Waals surface area contributed by atoms with Gasteiger partial charge in [-0.15, -0.1) is 11.3 Å². The molecule has 0 saturated carbocycles. The van der Waals surface area contributed by atoms with Crippen molar-refractivity contribution in [2.24, 2.45) is 12.0 Å². The van der Waals surface area contributed by atoms with E-state index in [1.807, 2.05) is 0 Å². The summed E-state index contributed by atoms with van der Waals surface area (Å²) < 4.78 is 27.3. The first kappa shape index (κ1) is 25.4. The maximum atomic E-state index is 12.9. The molecular formula is C24H26ClN3O5S2. The Morgan fingerprint density at radius 3 is 2.46 bits per heavy atom. The highest BCUT2D eigenvalue weighted by Crippen LogP contribution is 2.33. The molecule has 1 aliphatic heterocycles. The third-order valence-corrected chi connectivity index (χ3v) is 9.72. The molecule has 1 aliphatic rings. The van der Waals surface area contributed by atoms with Crippen LogP contribution in [0.2, 0.25) is 5.02 Å². The number of hydrogen-bond acceptors (Lipinski definition) is 6. The van der Waals surface area contributed by atoms with Gasteiger partial charge in [-0.25, -0.2) is 13.2 Å². The number of nitrogens with zero attached hydrogens (tertiary/aromatic N) is 3. The molecule has 0 unspecified atom stereocenters. The van der Waals surface area contributed by atoms with E-state index in [1.54, 1.807) is 60.0 Å². The van der Waals surface area contributed by atoms with E-state index in [2.05, 4.69) is 4.99 Å². The van der Waals surface area contributed by atoms with Crippen LogP contribution in [0.3, 0.4) is 0 Å². The molecule has 1 fully saturated rings. The van der Waals surface area contributed by atoms with Crippen LogP contribution < -0.4 is 4.80 Å². The highest BCUT2D eigenvalue weighted by Gasteiger charge is 2.30. The molecule has 1 N–H and O–H groups in total. The van der Waals surface area contributed by atoms with E-state index in [-0.39, 0.29) is 34.6 Å². The molecule has 3 aromatic rings. The van der Waals surface area contributed by atoms with Crippen molar-refractivity contribution < 1.29 is 23.1 Å². The summed E-state index contributed by atoms with van der Waals surface area (Å²) in [5, 5.41) is 11.8. The first-order valence-electron chi connectivity index (χ1n) is 11.2. The van der Waals surface area contributed by atoms with Gasteiger partial charge in [0.05, 0.1) is 10.6 Å². The quantitative estimate of drug-likeness (QED) is 0.517. The van der Waals surface area contributed by atoms with E-state index in [4.69, 9.17) is 11.6 Å². The highest BCUT2D eigenvalue weighted by molar-refractivity contribution is 7.91. The van der Waals surface area contributed by atoms with E-state index in [1.165, 1.54) is 11.3 Å². The second-order valence-corrected chi connectivity index (χ2v) is 12.1. The van der Waals surface area contributed by atoms with Crippen molar-refractivity contribution in [3.63, 3.8) is 0 Å². The number of carboxylic acids is 1. The average Bonchev–Trinajstić information content (AvgIpc) is 3.18. The van der Waals surface area contributed by atoms with E-state index in [0.717, 1.165) is 15.6 Å². The number of sulfone groups is 1. The fraction of sp³-hybridized carbons (Fsp3) is 0.375. The average molecular weight is 536 g/mol. The lowest BCUT2D eigenvalue weighted by Gasteiger charge is -2.31. The number of rotatable bonds is 6. The number of carbonyl (C=O) groups is 2. The van der Waals surface area contributed by atoms with Crippen LogP contribution in [0.15, 0.2) is 46.3 Å². The Labute approximate surface area is 212 Å². The first-order chi connectivity index (χ1) is 16.6. The van der Waals surface area contributed by atoms with E-state index < -0.39 is 15.8 Å². The first-order valence-corrected chi connectivity index (χ1v) is 14.0. The monoisotopic (exact) mass is 535 g/mol. The number of carbonyl (C=O) groups excluding carboxylic acids is 1. The SMILES string of the molecule is C/N=c1\sc(C2CCN(C(=O)CCS(=O)(=O)c3ccc4cc(Cl)ccc4c3)CC2)c(C(=O)O)n1C. The van der Waals surface area contributed by atoms with Gasteiger partial charge in [-0.05, 0) is 53.8 Å². The molecule has 11 heteroatoms. The van der Waals surface area contributed by atoms with Crippen LogP contribution in [0, 0.1) is 0 Å². The van der Waals surface area contributed by atoms with Gasteiger partial charge in [-0.1, -0.05) is 23.7 Å². The van der Waals surface area contributed by atoms with Crippen molar-refractivity contribution in [2.75, 3.05) is 25.9 Å². The van der Waals surface area contributed by atoms with Crippen LogP contribution in [0.5, 0.6) is 0 Å². The Morgan fingerprint density at radius 2 is 1.80 bits per heavy atom. The van der Waals surface area contributed by atoms with Crippen molar-refractivity contribution in [3.05, 3.63) is 56.8 Å². The number of aromatic carboxylic acids is 1. The summed E-state index contributed by atoms with van der Waals surface area (Å²) in [7, 11) is -0.308.